The van der Waals surface area contributed by atoms with Crippen LogP contribution >= 0.6 is 0 Å². The predicted octanol–water partition coefficient (Wildman–Crippen LogP) is 5.48. The summed E-state index contributed by atoms with van der Waals surface area (Å²) in [5, 5.41) is 33.0. The maximum Gasteiger partial charge on any atom is 0.279 e. The first kappa shape index (κ1) is 20.3. The van der Waals surface area contributed by atoms with E-state index in [1.807, 2.05) is 18.2 Å². The second kappa shape index (κ2) is 8.69. The van der Waals surface area contributed by atoms with Gasteiger partial charge in [0, 0.05) is 17.3 Å². The lowest BCUT2D eigenvalue weighted by atomic mass is 10.0. The number of nitrogens with one attached hydrogen (secondary N) is 1. The minimum absolute atomic E-state index is 0.0383. The number of carbonyl (C=O) groups is 1. The zero-order chi connectivity index (χ0) is 21.7. The molecular weight excluding hydrogens is 390 g/mol. The fraction of sp³-hybridized carbons (Fsp3) is 0.0500. The number of hydrogen-bond acceptors (Lipinski definition) is 7. The number of non-ortho nitro benzene ring substituents is 1. The molecule has 0 aliphatic carbocycles. The largest absolute Gasteiger partial charge is 0.322 e. The molecule has 0 saturated carbocycles. The molecule has 1 N–H and O–H groups in total. The van der Waals surface area contributed by atoms with Gasteiger partial charge in [-0.05, 0) is 43.3 Å². The van der Waals surface area contributed by atoms with Crippen LogP contribution in [0, 0.1) is 27.2 Å². The van der Waals surface area contributed by atoms with Crippen molar-refractivity contribution in [2.75, 3.05) is 5.32 Å². The summed E-state index contributed by atoms with van der Waals surface area (Å²) in [5.74, 6) is -0.696. The molecule has 3 aromatic carbocycles. The van der Waals surface area contributed by atoms with E-state index in [9.17, 15) is 25.0 Å². The molecule has 0 spiro atoms. The summed E-state index contributed by atoms with van der Waals surface area (Å²) in [6.07, 6.45) is 0. The fourth-order valence-electron chi connectivity index (χ4n) is 2.63. The number of carbonyl (C=O) groups excluding carboxylic acids is 1. The van der Waals surface area contributed by atoms with E-state index in [1.54, 1.807) is 36.4 Å². The molecule has 0 atom stereocenters. The highest BCUT2D eigenvalue weighted by atomic mass is 16.6. The van der Waals surface area contributed by atoms with E-state index in [-0.39, 0.29) is 11.1 Å². The van der Waals surface area contributed by atoms with Gasteiger partial charge >= 0.3 is 0 Å². The smallest absolute Gasteiger partial charge is 0.279 e. The summed E-state index contributed by atoms with van der Waals surface area (Å²) < 4.78 is 0. The molecule has 0 radical (unpaired) electrons. The molecule has 10 nitrogen and oxygen atoms in total. The lowest BCUT2D eigenvalue weighted by Gasteiger charge is -2.08. The minimum Gasteiger partial charge on any atom is -0.322 e. The van der Waals surface area contributed by atoms with Crippen LogP contribution in [-0.4, -0.2) is 15.8 Å². The molecule has 0 aliphatic heterocycles. The van der Waals surface area contributed by atoms with Crippen molar-refractivity contribution in [3.8, 4) is 0 Å². The molecule has 0 unspecified atom stereocenters. The number of hydrogen-bond donors (Lipinski definition) is 1. The lowest BCUT2D eigenvalue weighted by Crippen LogP contribution is -2.14. The summed E-state index contributed by atoms with van der Waals surface area (Å²) in [5.41, 5.74) is 0.504. The molecular formula is C20H15N5O5. The lowest BCUT2D eigenvalue weighted by molar-refractivity contribution is -0.394. The third-order valence-corrected chi connectivity index (χ3v) is 4.18. The number of rotatable bonds is 6. The predicted molar refractivity (Wildman–Crippen MR) is 110 cm³/mol. The molecule has 0 saturated heterocycles. The molecule has 150 valence electrons. The van der Waals surface area contributed by atoms with E-state index in [2.05, 4.69) is 15.5 Å². The molecule has 1 amide bonds. The van der Waals surface area contributed by atoms with Crippen molar-refractivity contribution in [1.29, 1.82) is 0 Å². The zero-order valence-corrected chi connectivity index (χ0v) is 15.7. The van der Waals surface area contributed by atoms with Gasteiger partial charge in [-0.3, -0.25) is 25.0 Å². The van der Waals surface area contributed by atoms with Crippen molar-refractivity contribution in [2.24, 2.45) is 10.2 Å². The second-order valence-electron chi connectivity index (χ2n) is 6.19. The Morgan fingerprint density at radius 3 is 2.03 bits per heavy atom. The van der Waals surface area contributed by atoms with Gasteiger partial charge in [-0.2, -0.15) is 10.2 Å². The van der Waals surface area contributed by atoms with Crippen LogP contribution in [0.15, 0.2) is 77.0 Å². The van der Waals surface area contributed by atoms with Gasteiger partial charge in [-0.25, -0.2) is 0 Å². The number of anilines is 1. The van der Waals surface area contributed by atoms with Crippen molar-refractivity contribution in [1.82, 2.24) is 0 Å². The Morgan fingerprint density at radius 2 is 1.47 bits per heavy atom. The van der Waals surface area contributed by atoms with Gasteiger partial charge in [0.1, 0.15) is 0 Å². The summed E-state index contributed by atoms with van der Waals surface area (Å²) in [7, 11) is 0. The minimum atomic E-state index is -0.782. The molecule has 0 heterocycles. The third kappa shape index (κ3) is 4.68. The monoisotopic (exact) mass is 405 g/mol. The van der Waals surface area contributed by atoms with Gasteiger partial charge in [0.2, 0.25) is 0 Å². The van der Waals surface area contributed by atoms with Crippen LogP contribution in [0.5, 0.6) is 0 Å². The highest BCUT2D eigenvalue weighted by Crippen LogP contribution is 2.29. The van der Waals surface area contributed by atoms with Crippen LogP contribution < -0.4 is 5.32 Å². The summed E-state index contributed by atoms with van der Waals surface area (Å²) in [4.78, 5) is 33.3. The van der Waals surface area contributed by atoms with Crippen LogP contribution in [0.1, 0.15) is 15.9 Å². The molecule has 0 aromatic heterocycles. The SMILES string of the molecule is Cc1c(C(=O)Nc2ccc(N=Nc3ccccc3)cc2)cc([N+](=O)[O-])cc1[N+](=O)[O-]. The quantitative estimate of drug-likeness (QED) is 0.328. The molecule has 3 aromatic rings. The standard InChI is InChI=1S/C20H15N5O5/c1-13-18(11-17(24(27)28)12-19(13)25(29)30)20(26)21-14-7-9-16(10-8-14)23-22-15-5-3-2-4-6-15/h2-12H,1H3,(H,21,26). The van der Waals surface area contributed by atoms with Crippen LogP contribution in [-0.2, 0) is 0 Å². The zero-order valence-electron chi connectivity index (χ0n) is 15.7. The number of nitrogens with zero attached hydrogens (tertiary/aromatic N) is 4. The van der Waals surface area contributed by atoms with Crippen molar-refractivity contribution >= 4 is 34.3 Å². The molecule has 10 heteroatoms. The number of azo groups is 1. The third-order valence-electron chi connectivity index (χ3n) is 4.18. The van der Waals surface area contributed by atoms with Crippen LogP contribution in [0.25, 0.3) is 0 Å². The number of nitro benzene ring substituents is 2. The second-order valence-corrected chi connectivity index (χ2v) is 6.19. The van der Waals surface area contributed by atoms with Gasteiger partial charge < -0.3 is 5.32 Å². The van der Waals surface area contributed by atoms with Gasteiger partial charge in [-0.15, -0.1) is 0 Å². The molecule has 3 rings (SSSR count). The van der Waals surface area contributed by atoms with Crippen molar-refractivity contribution in [3.63, 3.8) is 0 Å². The van der Waals surface area contributed by atoms with E-state index in [0.29, 0.717) is 17.1 Å². The summed E-state index contributed by atoms with van der Waals surface area (Å²) in [6.45, 7) is 1.36. The molecule has 0 bridgehead atoms. The Balaban J connectivity index is 1.80. The van der Waals surface area contributed by atoms with Crippen molar-refractivity contribution < 1.29 is 14.6 Å². The van der Waals surface area contributed by atoms with Gasteiger partial charge in [0.05, 0.1) is 32.9 Å². The summed E-state index contributed by atoms with van der Waals surface area (Å²) in [6, 6.07) is 17.4. The maximum atomic E-state index is 12.6. The topological polar surface area (TPSA) is 140 Å². The molecule has 0 fully saturated rings. The van der Waals surface area contributed by atoms with E-state index in [0.717, 1.165) is 12.1 Å². The highest BCUT2D eigenvalue weighted by molar-refractivity contribution is 6.06. The molecule has 30 heavy (non-hydrogen) atoms. The first-order valence-corrected chi connectivity index (χ1v) is 8.67. The van der Waals surface area contributed by atoms with Crippen LogP contribution in [0.2, 0.25) is 0 Å². The fourth-order valence-corrected chi connectivity index (χ4v) is 2.63. The van der Waals surface area contributed by atoms with Crippen LogP contribution in [0.3, 0.4) is 0 Å². The number of amides is 1. The number of nitro groups is 2. The average molecular weight is 405 g/mol. The van der Waals surface area contributed by atoms with Gasteiger partial charge in [0.25, 0.3) is 17.3 Å². The van der Waals surface area contributed by atoms with Gasteiger partial charge in [0.15, 0.2) is 0 Å². The first-order valence-electron chi connectivity index (χ1n) is 8.67. The van der Waals surface area contributed by atoms with E-state index in [4.69, 9.17) is 0 Å². The van der Waals surface area contributed by atoms with E-state index >= 15 is 0 Å². The highest BCUT2D eigenvalue weighted by Gasteiger charge is 2.24. The Hall–Kier alpha value is -4.47. The van der Waals surface area contributed by atoms with E-state index in [1.165, 1.54) is 6.92 Å². The van der Waals surface area contributed by atoms with E-state index < -0.39 is 27.1 Å². The number of benzene rings is 3. The average Bonchev–Trinajstić information content (AvgIpc) is 2.73. The molecule has 0 aliphatic rings. The Bertz CT molecular complexity index is 1140. The summed E-state index contributed by atoms with van der Waals surface area (Å²) >= 11 is 0. The van der Waals surface area contributed by atoms with Crippen LogP contribution in [0.4, 0.5) is 28.4 Å². The van der Waals surface area contributed by atoms with Gasteiger partial charge in [-0.1, -0.05) is 18.2 Å². The Morgan fingerprint density at radius 1 is 0.867 bits per heavy atom. The Kier molecular flexibility index (Phi) is 5.87. The maximum absolute atomic E-state index is 12.6. The first-order chi connectivity index (χ1) is 14.3. The van der Waals surface area contributed by atoms with Crippen molar-refractivity contribution in [2.45, 2.75) is 6.92 Å². The van der Waals surface area contributed by atoms with Crippen molar-refractivity contribution in [3.05, 3.63) is 98.1 Å². The normalized spacial score (nSPS) is 10.7. The Labute approximate surface area is 170 Å².